The molecule has 110 valence electrons. The molecule has 0 N–H and O–H groups in total. The number of hydrogen-bond donors (Lipinski definition) is 0. The van der Waals surface area contributed by atoms with E-state index >= 15 is 0 Å². The van der Waals surface area contributed by atoms with Gasteiger partial charge >= 0.3 is 0 Å². The van der Waals surface area contributed by atoms with Crippen LogP contribution in [0.15, 0.2) is 11.6 Å². The van der Waals surface area contributed by atoms with Crippen LogP contribution < -0.4 is 0 Å². The zero-order valence-corrected chi connectivity index (χ0v) is 12.3. The van der Waals surface area contributed by atoms with Gasteiger partial charge in [0.2, 0.25) is 0 Å². The first-order chi connectivity index (χ1) is 9.44. The Labute approximate surface area is 119 Å². The van der Waals surface area contributed by atoms with Gasteiger partial charge in [-0.1, -0.05) is 5.57 Å². The molecule has 0 aromatic carbocycles. The van der Waals surface area contributed by atoms with Gasteiger partial charge in [-0.25, -0.2) is 0 Å². The molecule has 0 unspecified atom stereocenters. The molecule has 2 heterocycles. The summed E-state index contributed by atoms with van der Waals surface area (Å²) in [6, 6.07) is 0. The van der Waals surface area contributed by atoms with E-state index in [-0.39, 0.29) is 36.1 Å². The van der Waals surface area contributed by atoms with Gasteiger partial charge < -0.3 is 14.2 Å². The molecular weight excluding hydrogens is 256 g/mol. The third kappa shape index (κ3) is 1.81. The van der Waals surface area contributed by atoms with Crippen molar-refractivity contribution in [3.8, 4) is 0 Å². The molecule has 0 aromatic heterocycles. The molecule has 0 aromatic rings. The molecular formula is C16H22O4. The lowest BCUT2D eigenvalue weighted by Gasteiger charge is -2.41. The highest BCUT2D eigenvalue weighted by molar-refractivity contribution is 5.94. The van der Waals surface area contributed by atoms with Gasteiger partial charge in [-0.05, 0) is 52.0 Å². The molecule has 2 aliphatic carbocycles. The predicted molar refractivity (Wildman–Crippen MR) is 71.8 cm³/mol. The SMILES string of the molecule is CC1=CC(=O)[C@H]2[C@H](CC[C@H]3O[C@@H]4OC(C)(C)O[C@@H]4[C@H]23)C1. The first kappa shape index (κ1) is 13.0. The van der Waals surface area contributed by atoms with Crippen LogP contribution in [0.4, 0.5) is 0 Å². The van der Waals surface area contributed by atoms with Crippen molar-refractivity contribution in [1.82, 2.24) is 0 Å². The Bertz CT molecular complexity index is 481. The fraction of sp³-hybridized carbons (Fsp3) is 0.812. The van der Waals surface area contributed by atoms with Crippen LogP contribution in [-0.2, 0) is 19.0 Å². The van der Waals surface area contributed by atoms with E-state index in [4.69, 9.17) is 14.2 Å². The second kappa shape index (κ2) is 4.15. The van der Waals surface area contributed by atoms with Gasteiger partial charge in [0.1, 0.15) is 6.10 Å². The summed E-state index contributed by atoms with van der Waals surface area (Å²) in [5.74, 6) is 0.355. The van der Waals surface area contributed by atoms with E-state index in [2.05, 4.69) is 6.92 Å². The number of fused-ring (bicyclic) bond motifs is 5. The number of ketones is 1. The first-order valence-corrected chi connectivity index (χ1v) is 7.67. The maximum absolute atomic E-state index is 12.5. The third-order valence-electron chi connectivity index (χ3n) is 5.25. The summed E-state index contributed by atoms with van der Waals surface area (Å²) in [6.45, 7) is 5.89. The lowest BCUT2D eigenvalue weighted by Crippen LogP contribution is -2.46. The van der Waals surface area contributed by atoms with E-state index in [1.165, 1.54) is 5.57 Å². The minimum absolute atomic E-state index is 0.0601. The summed E-state index contributed by atoms with van der Waals surface area (Å²) >= 11 is 0. The van der Waals surface area contributed by atoms with Crippen LogP contribution in [0.5, 0.6) is 0 Å². The van der Waals surface area contributed by atoms with Crippen LogP contribution in [-0.4, -0.2) is 30.1 Å². The Hall–Kier alpha value is -0.710. The normalized spacial score (nSPS) is 49.4. The summed E-state index contributed by atoms with van der Waals surface area (Å²) in [4.78, 5) is 12.5. The van der Waals surface area contributed by atoms with Crippen molar-refractivity contribution in [1.29, 1.82) is 0 Å². The molecule has 6 atom stereocenters. The topological polar surface area (TPSA) is 44.8 Å². The molecule has 4 rings (SSSR count). The van der Waals surface area contributed by atoms with Gasteiger partial charge in [-0.15, -0.1) is 0 Å². The van der Waals surface area contributed by atoms with E-state index in [0.717, 1.165) is 19.3 Å². The Balaban J connectivity index is 1.66. The van der Waals surface area contributed by atoms with E-state index in [9.17, 15) is 4.79 Å². The third-order valence-corrected chi connectivity index (χ3v) is 5.25. The van der Waals surface area contributed by atoms with Crippen molar-refractivity contribution in [3.63, 3.8) is 0 Å². The number of ether oxygens (including phenoxy) is 3. The largest absolute Gasteiger partial charge is 0.346 e. The summed E-state index contributed by atoms with van der Waals surface area (Å²) in [6.07, 6.45) is 4.72. The molecule has 4 aliphatic rings. The predicted octanol–water partition coefficient (Wildman–Crippen LogP) is 2.42. The summed E-state index contributed by atoms with van der Waals surface area (Å²) in [5, 5.41) is 0. The second-order valence-corrected chi connectivity index (χ2v) is 7.18. The van der Waals surface area contributed by atoms with Gasteiger partial charge in [0, 0.05) is 11.8 Å². The highest BCUT2D eigenvalue weighted by Crippen LogP contribution is 2.52. The monoisotopic (exact) mass is 278 g/mol. The summed E-state index contributed by atoms with van der Waals surface area (Å²) in [7, 11) is 0. The average molecular weight is 278 g/mol. The molecule has 2 saturated heterocycles. The fourth-order valence-corrected chi connectivity index (χ4v) is 4.63. The molecule has 4 heteroatoms. The highest BCUT2D eigenvalue weighted by Gasteiger charge is 2.60. The number of rotatable bonds is 0. The van der Waals surface area contributed by atoms with Gasteiger partial charge in [-0.3, -0.25) is 4.79 Å². The molecule has 0 radical (unpaired) electrons. The van der Waals surface area contributed by atoms with E-state index in [1.54, 1.807) is 0 Å². The highest BCUT2D eigenvalue weighted by atomic mass is 16.8. The van der Waals surface area contributed by atoms with Crippen LogP contribution in [0, 0.1) is 17.8 Å². The lowest BCUT2D eigenvalue weighted by molar-refractivity contribution is -0.217. The molecule has 1 saturated carbocycles. The molecule has 0 bridgehead atoms. The maximum Gasteiger partial charge on any atom is 0.187 e. The van der Waals surface area contributed by atoms with Crippen molar-refractivity contribution < 1.29 is 19.0 Å². The second-order valence-electron chi connectivity index (χ2n) is 7.18. The van der Waals surface area contributed by atoms with Crippen molar-refractivity contribution in [2.75, 3.05) is 0 Å². The average Bonchev–Trinajstić information content (AvgIpc) is 2.80. The van der Waals surface area contributed by atoms with Gasteiger partial charge in [0.15, 0.2) is 17.9 Å². The van der Waals surface area contributed by atoms with Gasteiger partial charge in [0.05, 0.1) is 6.10 Å². The number of allylic oxidation sites excluding steroid dienone is 2. The number of carbonyl (C=O) groups excluding carboxylic acids is 1. The van der Waals surface area contributed by atoms with E-state index in [0.29, 0.717) is 5.92 Å². The van der Waals surface area contributed by atoms with Gasteiger partial charge in [-0.2, -0.15) is 0 Å². The Kier molecular flexibility index (Phi) is 2.70. The van der Waals surface area contributed by atoms with Crippen LogP contribution in [0.25, 0.3) is 0 Å². The zero-order chi connectivity index (χ0) is 14.1. The van der Waals surface area contributed by atoms with Gasteiger partial charge in [0.25, 0.3) is 0 Å². The van der Waals surface area contributed by atoms with Crippen molar-refractivity contribution >= 4 is 5.78 Å². The minimum atomic E-state index is -0.600. The molecule has 2 aliphatic heterocycles. The Morgan fingerprint density at radius 2 is 2.05 bits per heavy atom. The molecule has 0 spiro atoms. The molecule has 20 heavy (non-hydrogen) atoms. The molecule has 3 fully saturated rings. The smallest absolute Gasteiger partial charge is 0.187 e. The maximum atomic E-state index is 12.5. The van der Waals surface area contributed by atoms with Crippen molar-refractivity contribution in [3.05, 3.63) is 11.6 Å². The Morgan fingerprint density at radius 1 is 1.25 bits per heavy atom. The summed E-state index contributed by atoms with van der Waals surface area (Å²) in [5.41, 5.74) is 1.22. The quantitative estimate of drug-likeness (QED) is 0.682. The Morgan fingerprint density at radius 3 is 2.85 bits per heavy atom. The van der Waals surface area contributed by atoms with Crippen LogP contribution in [0.3, 0.4) is 0 Å². The fourth-order valence-electron chi connectivity index (χ4n) is 4.63. The zero-order valence-electron chi connectivity index (χ0n) is 12.3. The van der Waals surface area contributed by atoms with Crippen molar-refractivity contribution in [2.24, 2.45) is 17.8 Å². The summed E-state index contributed by atoms with van der Waals surface area (Å²) < 4.78 is 17.9. The molecule has 0 amide bonds. The lowest BCUT2D eigenvalue weighted by atomic mass is 9.63. The standard InChI is InChI=1S/C16H22O4/c1-8-6-9-4-5-11-13(12(9)10(17)7-8)14-15(18-11)20-16(2,3)19-14/h7,9,11-15H,4-6H2,1-3H3/t9-,11-,12-,13+,14-,15-/m1/s1. The van der Waals surface area contributed by atoms with Crippen LogP contribution in [0.2, 0.25) is 0 Å². The number of hydrogen-bond acceptors (Lipinski definition) is 4. The van der Waals surface area contributed by atoms with E-state index < -0.39 is 5.79 Å². The first-order valence-electron chi connectivity index (χ1n) is 7.67. The molecule has 4 nitrogen and oxygen atoms in total. The van der Waals surface area contributed by atoms with E-state index in [1.807, 2.05) is 19.9 Å². The number of carbonyl (C=O) groups is 1. The van der Waals surface area contributed by atoms with Crippen LogP contribution in [0.1, 0.15) is 40.0 Å². The minimum Gasteiger partial charge on any atom is -0.346 e. The van der Waals surface area contributed by atoms with Crippen molar-refractivity contribution in [2.45, 2.75) is 64.3 Å². The van der Waals surface area contributed by atoms with Crippen LogP contribution >= 0.6 is 0 Å².